The molecule has 1 aromatic carbocycles. The normalized spacial score (nSPS) is 11.5. The van der Waals surface area contributed by atoms with Crippen LogP contribution in [0.25, 0.3) is 11.3 Å². The molecule has 2 rings (SSSR count). The molecule has 0 atom stereocenters. The molecule has 22 heavy (non-hydrogen) atoms. The Kier molecular flexibility index (Phi) is 4.68. The van der Waals surface area contributed by atoms with Crippen LogP contribution in [-0.4, -0.2) is 23.1 Å². The van der Waals surface area contributed by atoms with Gasteiger partial charge in [0.25, 0.3) is 0 Å². The van der Waals surface area contributed by atoms with Crippen molar-refractivity contribution in [3.63, 3.8) is 0 Å². The van der Waals surface area contributed by atoms with E-state index in [-0.39, 0.29) is 0 Å². The fraction of sp³-hybridized carbons (Fsp3) is 0.375. The molecule has 0 spiro atoms. The van der Waals surface area contributed by atoms with Crippen molar-refractivity contribution in [1.29, 1.82) is 0 Å². The predicted molar refractivity (Wildman–Crippen MR) is 80.8 cm³/mol. The lowest BCUT2D eigenvalue weighted by molar-refractivity contribution is -0.137. The predicted octanol–water partition coefficient (Wildman–Crippen LogP) is 4.32. The summed E-state index contributed by atoms with van der Waals surface area (Å²) in [4.78, 5) is 10.7. The molecule has 0 fully saturated rings. The highest BCUT2D eigenvalue weighted by Gasteiger charge is 2.30. The zero-order chi connectivity index (χ0) is 16.3. The number of nitrogens with zero attached hydrogens (tertiary/aromatic N) is 3. The highest BCUT2D eigenvalue weighted by molar-refractivity contribution is 5.64. The molecule has 3 nitrogen and oxygen atoms in total. The van der Waals surface area contributed by atoms with Gasteiger partial charge in [-0.05, 0) is 32.9 Å². The average Bonchev–Trinajstić information content (AvgIpc) is 2.47. The third-order valence-corrected chi connectivity index (χ3v) is 3.40. The van der Waals surface area contributed by atoms with Crippen molar-refractivity contribution in [2.75, 3.05) is 18.0 Å². The smallest absolute Gasteiger partial charge is 0.357 e. The summed E-state index contributed by atoms with van der Waals surface area (Å²) in [5.41, 5.74) is 0.264. The van der Waals surface area contributed by atoms with E-state index in [0.29, 0.717) is 17.1 Å². The van der Waals surface area contributed by atoms with Crippen LogP contribution in [0.5, 0.6) is 0 Å². The number of halogens is 3. The lowest BCUT2D eigenvalue weighted by Gasteiger charge is -2.20. The summed E-state index contributed by atoms with van der Waals surface area (Å²) < 4.78 is 38.5. The number of benzene rings is 1. The van der Waals surface area contributed by atoms with Crippen LogP contribution in [0, 0.1) is 6.92 Å². The van der Waals surface area contributed by atoms with Crippen LogP contribution >= 0.6 is 0 Å². The van der Waals surface area contributed by atoms with Crippen LogP contribution in [0.1, 0.15) is 25.2 Å². The van der Waals surface area contributed by atoms with Crippen molar-refractivity contribution in [3.05, 3.63) is 41.7 Å². The summed E-state index contributed by atoms with van der Waals surface area (Å²) in [7, 11) is 0. The topological polar surface area (TPSA) is 29.0 Å². The van der Waals surface area contributed by atoms with Crippen LogP contribution in [-0.2, 0) is 6.18 Å². The number of alkyl halides is 3. The maximum atomic E-state index is 12.8. The molecule has 0 aliphatic rings. The molecule has 0 N–H and O–H groups in total. The van der Waals surface area contributed by atoms with Crippen LogP contribution < -0.4 is 4.90 Å². The van der Waals surface area contributed by atoms with Crippen molar-refractivity contribution in [1.82, 2.24) is 9.97 Å². The Balaban J connectivity index is 2.49. The van der Waals surface area contributed by atoms with Crippen LogP contribution in [0.3, 0.4) is 0 Å². The van der Waals surface area contributed by atoms with Gasteiger partial charge in [0.15, 0.2) is 0 Å². The van der Waals surface area contributed by atoms with E-state index in [0.717, 1.165) is 31.0 Å². The van der Waals surface area contributed by atoms with Gasteiger partial charge in [-0.25, -0.2) is 9.97 Å². The van der Waals surface area contributed by atoms with E-state index in [2.05, 4.69) is 9.97 Å². The quantitative estimate of drug-likeness (QED) is 0.842. The second kappa shape index (κ2) is 6.34. The second-order valence-electron chi connectivity index (χ2n) is 4.91. The first kappa shape index (κ1) is 16.3. The van der Waals surface area contributed by atoms with Gasteiger partial charge in [-0.1, -0.05) is 12.1 Å². The first-order chi connectivity index (χ1) is 10.3. The minimum atomic E-state index is -4.36. The molecule has 118 valence electrons. The first-order valence-corrected chi connectivity index (χ1v) is 7.13. The molecule has 0 saturated heterocycles. The molecule has 0 bridgehead atoms. The zero-order valence-corrected chi connectivity index (χ0v) is 12.8. The molecule has 6 heteroatoms. The molecular weight excluding hydrogens is 291 g/mol. The van der Waals surface area contributed by atoms with Gasteiger partial charge in [0.2, 0.25) is 0 Å². The van der Waals surface area contributed by atoms with Gasteiger partial charge in [-0.3, -0.25) is 0 Å². The molecule has 0 amide bonds. The Morgan fingerprint density at radius 3 is 2.32 bits per heavy atom. The van der Waals surface area contributed by atoms with Crippen LogP contribution in [0.4, 0.5) is 19.0 Å². The van der Waals surface area contributed by atoms with E-state index in [1.807, 2.05) is 18.7 Å². The van der Waals surface area contributed by atoms with Crippen LogP contribution in [0.15, 0.2) is 30.3 Å². The first-order valence-electron chi connectivity index (χ1n) is 7.13. The minimum absolute atomic E-state index is 0.439. The molecule has 1 heterocycles. The highest BCUT2D eigenvalue weighted by Crippen LogP contribution is 2.32. The Morgan fingerprint density at radius 1 is 1.05 bits per heavy atom. The van der Waals surface area contributed by atoms with Gasteiger partial charge in [0.05, 0.1) is 11.3 Å². The second-order valence-corrected chi connectivity index (χ2v) is 4.91. The summed E-state index contributed by atoms with van der Waals surface area (Å²) in [5, 5.41) is 0. The Labute approximate surface area is 127 Å². The summed E-state index contributed by atoms with van der Waals surface area (Å²) in [6.07, 6.45) is -4.36. The van der Waals surface area contributed by atoms with Crippen molar-refractivity contribution < 1.29 is 13.2 Å². The van der Waals surface area contributed by atoms with Gasteiger partial charge in [0, 0.05) is 24.7 Å². The number of hydrogen-bond donors (Lipinski definition) is 0. The summed E-state index contributed by atoms with van der Waals surface area (Å²) >= 11 is 0. The lowest BCUT2D eigenvalue weighted by atomic mass is 10.1. The molecule has 0 saturated carbocycles. The Hall–Kier alpha value is -2.11. The number of rotatable bonds is 4. The van der Waals surface area contributed by atoms with E-state index < -0.39 is 11.7 Å². The Bertz CT molecular complexity index is 649. The maximum Gasteiger partial charge on any atom is 0.416 e. The number of hydrogen-bond acceptors (Lipinski definition) is 3. The van der Waals surface area contributed by atoms with Gasteiger partial charge >= 0.3 is 6.18 Å². The summed E-state index contributed by atoms with van der Waals surface area (Å²) in [6.45, 7) is 7.30. The minimum Gasteiger partial charge on any atom is -0.357 e. The maximum absolute atomic E-state index is 12.8. The fourth-order valence-corrected chi connectivity index (χ4v) is 2.26. The molecule has 0 aliphatic heterocycles. The number of anilines is 1. The summed E-state index contributed by atoms with van der Waals surface area (Å²) in [5.74, 6) is 1.27. The monoisotopic (exact) mass is 309 g/mol. The number of aryl methyl sites for hydroxylation is 1. The van der Waals surface area contributed by atoms with Gasteiger partial charge < -0.3 is 4.90 Å². The lowest BCUT2D eigenvalue weighted by Crippen LogP contribution is -2.23. The standard InChI is InChI=1S/C16H18F3N3/c1-4-22(5-2)15-10-14(20-11(3)21-15)12-7-6-8-13(9-12)16(17,18)19/h6-10H,4-5H2,1-3H3. The van der Waals surface area contributed by atoms with Crippen molar-refractivity contribution in [2.45, 2.75) is 26.9 Å². The summed E-state index contributed by atoms with van der Waals surface area (Å²) in [6, 6.07) is 6.93. The van der Waals surface area contributed by atoms with Crippen molar-refractivity contribution >= 4 is 5.82 Å². The van der Waals surface area contributed by atoms with E-state index in [4.69, 9.17) is 0 Å². The average molecular weight is 309 g/mol. The third-order valence-electron chi connectivity index (χ3n) is 3.40. The van der Waals surface area contributed by atoms with E-state index in [1.54, 1.807) is 19.1 Å². The van der Waals surface area contributed by atoms with Crippen molar-refractivity contribution in [3.8, 4) is 11.3 Å². The molecule has 0 unspecified atom stereocenters. The van der Waals surface area contributed by atoms with E-state index in [1.165, 1.54) is 6.07 Å². The van der Waals surface area contributed by atoms with E-state index >= 15 is 0 Å². The van der Waals surface area contributed by atoms with Crippen LogP contribution in [0.2, 0.25) is 0 Å². The fourth-order valence-electron chi connectivity index (χ4n) is 2.26. The SMILES string of the molecule is CCN(CC)c1cc(-c2cccc(C(F)(F)F)c2)nc(C)n1. The van der Waals surface area contributed by atoms with E-state index in [9.17, 15) is 13.2 Å². The number of aromatic nitrogens is 2. The molecule has 2 aromatic rings. The third kappa shape index (κ3) is 3.55. The van der Waals surface area contributed by atoms with Crippen molar-refractivity contribution in [2.24, 2.45) is 0 Å². The molecule has 0 radical (unpaired) electrons. The van der Waals surface area contributed by atoms with Gasteiger partial charge in [-0.15, -0.1) is 0 Å². The highest BCUT2D eigenvalue weighted by atomic mass is 19.4. The molecular formula is C16H18F3N3. The molecule has 1 aromatic heterocycles. The molecule has 0 aliphatic carbocycles. The zero-order valence-electron chi connectivity index (χ0n) is 12.8. The van der Waals surface area contributed by atoms with Gasteiger partial charge in [0.1, 0.15) is 11.6 Å². The largest absolute Gasteiger partial charge is 0.416 e. The van der Waals surface area contributed by atoms with Gasteiger partial charge in [-0.2, -0.15) is 13.2 Å². The Morgan fingerprint density at radius 2 is 1.73 bits per heavy atom.